The van der Waals surface area contributed by atoms with Gasteiger partial charge in [0.25, 0.3) is 11.8 Å². The number of nitrogens with zero attached hydrogens (tertiary/aromatic N) is 4. The van der Waals surface area contributed by atoms with Gasteiger partial charge < -0.3 is 19.1 Å². The van der Waals surface area contributed by atoms with Gasteiger partial charge in [-0.05, 0) is 31.0 Å². The summed E-state index contributed by atoms with van der Waals surface area (Å²) in [6, 6.07) is 6.02. The molecule has 2 amide bonds. The smallest absolute Gasteiger partial charge is 0.274 e. The number of hydrogen-bond donors (Lipinski definition) is 0. The number of amides is 2. The minimum atomic E-state index is -0.576. The molecule has 4 rings (SSSR count). The number of anilines is 1. The zero-order valence-corrected chi connectivity index (χ0v) is 15.3. The van der Waals surface area contributed by atoms with Crippen LogP contribution in [0.25, 0.3) is 0 Å². The van der Waals surface area contributed by atoms with E-state index in [9.17, 15) is 14.0 Å². The lowest BCUT2D eigenvalue weighted by Crippen LogP contribution is -2.78. The molecule has 7 nitrogen and oxygen atoms in total. The van der Waals surface area contributed by atoms with Crippen molar-refractivity contribution in [3.63, 3.8) is 0 Å². The van der Waals surface area contributed by atoms with Gasteiger partial charge in [-0.3, -0.25) is 9.59 Å². The van der Waals surface area contributed by atoms with E-state index in [4.69, 9.17) is 4.74 Å². The van der Waals surface area contributed by atoms with Gasteiger partial charge >= 0.3 is 0 Å². The number of imidazole rings is 1. The Balaban J connectivity index is 1.55. The van der Waals surface area contributed by atoms with Crippen LogP contribution in [0.15, 0.2) is 36.8 Å². The zero-order chi connectivity index (χ0) is 19.2. The summed E-state index contributed by atoms with van der Waals surface area (Å²) in [4.78, 5) is 32.7. The van der Waals surface area contributed by atoms with Crippen molar-refractivity contribution < 1.29 is 18.7 Å². The number of carbonyl (C=O) groups excluding carboxylic acids is 2. The lowest BCUT2D eigenvalue weighted by Gasteiger charge is -2.59. The quantitative estimate of drug-likeness (QED) is 0.768. The predicted molar refractivity (Wildman–Crippen MR) is 95.8 cm³/mol. The van der Waals surface area contributed by atoms with Crippen molar-refractivity contribution >= 4 is 17.5 Å². The zero-order valence-electron chi connectivity index (χ0n) is 15.3. The number of aryl methyl sites for hydroxylation is 1. The fourth-order valence-electron chi connectivity index (χ4n) is 4.21. The molecule has 0 N–H and O–H groups in total. The summed E-state index contributed by atoms with van der Waals surface area (Å²) in [5.41, 5.74) is 0.377. The normalized spacial score (nSPS) is 21.4. The molecular formula is C19H21FN4O3. The molecule has 2 aliphatic rings. The number of halogens is 1. The van der Waals surface area contributed by atoms with Crippen molar-refractivity contribution in [2.24, 2.45) is 7.05 Å². The van der Waals surface area contributed by atoms with Crippen LogP contribution >= 0.6 is 0 Å². The second-order valence-electron chi connectivity index (χ2n) is 7.09. The van der Waals surface area contributed by atoms with Crippen LogP contribution in [-0.4, -0.2) is 58.1 Å². The van der Waals surface area contributed by atoms with Gasteiger partial charge in [0, 0.05) is 39.1 Å². The van der Waals surface area contributed by atoms with Gasteiger partial charge in [-0.2, -0.15) is 0 Å². The Kier molecular flexibility index (Phi) is 4.22. The van der Waals surface area contributed by atoms with Crippen molar-refractivity contribution in [2.75, 3.05) is 25.1 Å². The molecule has 27 heavy (non-hydrogen) atoms. The topological polar surface area (TPSA) is 67.7 Å². The van der Waals surface area contributed by atoms with Gasteiger partial charge in [0.1, 0.15) is 11.5 Å². The third-order valence-electron chi connectivity index (χ3n) is 5.52. The highest BCUT2D eigenvalue weighted by Gasteiger charge is 2.62. The number of rotatable bonds is 3. The molecule has 0 radical (unpaired) electrons. The van der Waals surface area contributed by atoms with Crippen LogP contribution < -0.4 is 4.90 Å². The van der Waals surface area contributed by atoms with Crippen LogP contribution in [0.3, 0.4) is 0 Å². The number of ether oxygens (including phenoxy) is 1. The monoisotopic (exact) mass is 372 g/mol. The van der Waals surface area contributed by atoms with Crippen molar-refractivity contribution in [1.82, 2.24) is 14.5 Å². The third kappa shape index (κ3) is 2.71. The number of benzene rings is 1. The molecule has 2 aromatic rings. The third-order valence-corrected chi connectivity index (χ3v) is 5.52. The number of β-lactam (4-membered cyclic amide) rings is 1. The molecule has 0 aliphatic carbocycles. The molecule has 0 saturated carbocycles. The minimum Gasteiger partial charge on any atom is -0.369 e. The van der Waals surface area contributed by atoms with Crippen molar-refractivity contribution in [2.45, 2.75) is 24.5 Å². The molecule has 1 unspecified atom stereocenters. The van der Waals surface area contributed by atoms with Crippen molar-refractivity contribution in [3.8, 4) is 0 Å². The molecule has 8 heteroatoms. The van der Waals surface area contributed by atoms with Gasteiger partial charge in [-0.15, -0.1) is 0 Å². The Labute approximate surface area is 156 Å². The van der Waals surface area contributed by atoms with Crippen molar-refractivity contribution in [3.05, 3.63) is 48.3 Å². The van der Waals surface area contributed by atoms with Crippen molar-refractivity contribution in [1.29, 1.82) is 0 Å². The highest BCUT2D eigenvalue weighted by molar-refractivity contribution is 6.07. The summed E-state index contributed by atoms with van der Waals surface area (Å²) >= 11 is 0. The maximum atomic E-state index is 13.7. The summed E-state index contributed by atoms with van der Waals surface area (Å²) < 4.78 is 20.9. The van der Waals surface area contributed by atoms with Gasteiger partial charge in [-0.25, -0.2) is 9.37 Å². The van der Waals surface area contributed by atoms with Crippen LogP contribution in [0.1, 0.15) is 23.3 Å². The van der Waals surface area contributed by atoms with Gasteiger partial charge in [0.2, 0.25) is 0 Å². The van der Waals surface area contributed by atoms with Crippen LogP contribution in [0, 0.1) is 5.82 Å². The number of likely N-dealkylation sites (tertiary alicyclic amines) is 1. The van der Waals surface area contributed by atoms with Crippen LogP contribution in [0.5, 0.6) is 0 Å². The highest BCUT2D eigenvalue weighted by atomic mass is 19.1. The summed E-state index contributed by atoms with van der Waals surface area (Å²) in [5.74, 6) is -0.686. The highest BCUT2D eigenvalue weighted by Crippen LogP contribution is 2.45. The van der Waals surface area contributed by atoms with E-state index in [1.807, 2.05) is 7.05 Å². The van der Waals surface area contributed by atoms with E-state index < -0.39 is 11.6 Å². The minimum absolute atomic E-state index is 0.123. The van der Waals surface area contributed by atoms with Gasteiger partial charge in [-0.1, -0.05) is 6.07 Å². The van der Waals surface area contributed by atoms with Crippen LogP contribution in [0.4, 0.5) is 10.1 Å². The Morgan fingerprint density at radius 3 is 2.67 bits per heavy atom. The molecule has 1 aromatic carbocycles. The molecule has 1 atom stereocenters. The Hall–Kier alpha value is -2.74. The Morgan fingerprint density at radius 1 is 1.33 bits per heavy atom. The fraction of sp³-hybridized carbons (Fsp3) is 0.421. The first kappa shape index (κ1) is 17.7. The number of methoxy groups -OCH3 is 1. The van der Waals surface area contributed by atoms with Gasteiger partial charge in [0.15, 0.2) is 6.10 Å². The van der Waals surface area contributed by atoms with E-state index in [1.165, 1.54) is 19.2 Å². The number of aromatic nitrogens is 2. The summed E-state index contributed by atoms with van der Waals surface area (Å²) in [5, 5.41) is 0. The number of carbonyl (C=O) groups is 2. The average molecular weight is 372 g/mol. The van der Waals surface area contributed by atoms with Crippen LogP contribution in [0.2, 0.25) is 0 Å². The molecular weight excluding hydrogens is 351 g/mol. The molecule has 2 saturated heterocycles. The standard InChI is InChI=1S/C19H21FN4O3/c1-22-11-15(21-12-22)17(25)23-8-6-19(7-9-23)16(27-2)18(26)24(19)14-5-3-4-13(20)10-14/h3-5,10-12,16H,6-9H2,1-2H3. The molecule has 0 bridgehead atoms. The Morgan fingerprint density at radius 2 is 2.07 bits per heavy atom. The van der Waals surface area contributed by atoms with E-state index in [-0.39, 0.29) is 17.6 Å². The fourth-order valence-corrected chi connectivity index (χ4v) is 4.21. The van der Waals surface area contributed by atoms with E-state index in [1.54, 1.807) is 39.0 Å². The summed E-state index contributed by atoms with van der Waals surface area (Å²) in [6.45, 7) is 0.961. The molecule has 142 valence electrons. The summed E-state index contributed by atoms with van der Waals surface area (Å²) in [6.07, 6.45) is 3.83. The van der Waals surface area contributed by atoms with E-state index in [2.05, 4.69) is 4.98 Å². The SMILES string of the molecule is COC1C(=O)N(c2cccc(F)c2)C12CCN(C(=O)c1cn(C)cn1)CC2. The van der Waals surface area contributed by atoms with E-state index in [0.717, 1.165) is 0 Å². The van der Waals surface area contributed by atoms with Crippen LogP contribution in [-0.2, 0) is 16.6 Å². The predicted octanol–water partition coefficient (Wildman–Crippen LogP) is 1.60. The van der Waals surface area contributed by atoms with E-state index >= 15 is 0 Å². The largest absolute Gasteiger partial charge is 0.369 e. The Bertz CT molecular complexity index is 889. The summed E-state index contributed by atoms with van der Waals surface area (Å²) in [7, 11) is 3.33. The average Bonchev–Trinajstić information content (AvgIpc) is 3.08. The first-order chi connectivity index (χ1) is 13.0. The number of piperidine rings is 1. The molecule has 3 heterocycles. The first-order valence-electron chi connectivity index (χ1n) is 8.86. The van der Waals surface area contributed by atoms with E-state index in [0.29, 0.717) is 37.3 Å². The first-order valence-corrected chi connectivity index (χ1v) is 8.86. The maximum absolute atomic E-state index is 13.7. The second kappa shape index (κ2) is 6.45. The lowest BCUT2D eigenvalue weighted by molar-refractivity contribution is -0.150. The molecule has 2 fully saturated rings. The molecule has 2 aliphatic heterocycles. The molecule has 1 spiro atoms. The maximum Gasteiger partial charge on any atom is 0.274 e. The second-order valence-corrected chi connectivity index (χ2v) is 7.09. The molecule has 1 aromatic heterocycles. The lowest BCUT2D eigenvalue weighted by atomic mass is 9.72. The van der Waals surface area contributed by atoms with Gasteiger partial charge in [0.05, 0.1) is 11.9 Å². The number of hydrogen-bond acceptors (Lipinski definition) is 4.